The molecule has 0 radical (unpaired) electrons. The first-order valence-electron chi connectivity index (χ1n) is 12.9. The summed E-state index contributed by atoms with van der Waals surface area (Å²) in [4.78, 5) is 23.5. The van der Waals surface area contributed by atoms with Crippen LogP contribution in [0.15, 0.2) is 84.3 Å². The van der Waals surface area contributed by atoms with Gasteiger partial charge in [0.2, 0.25) is 5.88 Å². The zero-order chi connectivity index (χ0) is 26.1. The molecule has 38 heavy (non-hydrogen) atoms. The fraction of sp³-hybridized carbons (Fsp3) is 0.310. The topological polar surface area (TPSA) is 96.0 Å². The van der Waals surface area contributed by atoms with Gasteiger partial charge in [0.1, 0.15) is 11.9 Å². The lowest BCUT2D eigenvalue weighted by Gasteiger charge is -2.38. The summed E-state index contributed by atoms with van der Waals surface area (Å²) in [7, 11) is 0. The number of aromatic nitrogens is 1. The monoisotopic (exact) mass is 532 g/mol. The summed E-state index contributed by atoms with van der Waals surface area (Å²) in [5.74, 6) is 1.07. The van der Waals surface area contributed by atoms with Crippen molar-refractivity contribution in [1.82, 2.24) is 20.7 Å². The fourth-order valence-electron chi connectivity index (χ4n) is 5.45. The fourth-order valence-corrected chi connectivity index (χ4v) is 5.58. The number of ether oxygens (including phenoxy) is 1. The van der Waals surface area contributed by atoms with Crippen molar-refractivity contribution in [1.29, 1.82) is 0 Å². The first kappa shape index (κ1) is 24.9. The molecule has 2 atom stereocenters. The van der Waals surface area contributed by atoms with Crippen molar-refractivity contribution in [2.24, 2.45) is 5.92 Å². The molecule has 2 aromatic rings. The van der Waals surface area contributed by atoms with Crippen molar-refractivity contribution in [3.8, 4) is 5.88 Å². The van der Waals surface area contributed by atoms with Crippen LogP contribution in [0, 0.1) is 5.92 Å². The van der Waals surface area contributed by atoms with E-state index >= 15 is 0 Å². The average Bonchev–Trinajstić information content (AvgIpc) is 3.29. The molecule has 2 saturated heterocycles. The number of nitrogens with one attached hydrogen (secondary N) is 2. The third-order valence-electron chi connectivity index (χ3n) is 7.59. The minimum atomic E-state index is -0.813. The highest BCUT2D eigenvalue weighted by atomic mass is 35.5. The van der Waals surface area contributed by atoms with Crippen molar-refractivity contribution >= 4 is 23.3 Å². The quantitative estimate of drug-likeness (QED) is 0.523. The third-order valence-corrected chi connectivity index (χ3v) is 7.85. The lowest BCUT2D eigenvalue weighted by Crippen LogP contribution is -2.42. The van der Waals surface area contributed by atoms with Gasteiger partial charge in [0.05, 0.1) is 5.60 Å². The van der Waals surface area contributed by atoms with Crippen LogP contribution < -0.4 is 15.5 Å². The van der Waals surface area contributed by atoms with Crippen LogP contribution in [-0.4, -0.2) is 46.9 Å². The van der Waals surface area contributed by atoms with Crippen molar-refractivity contribution < 1.29 is 19.5 Å². The summed E-state index contributed by atoms with van der Waals surface area (Å²) < 4.78 is 6.24. The summed E-state index contributed by atoms with van der Waals surface area (Å²) in [5.41, 5.74) is 5.76. The number of carbonyl (C=O) groups excluding carboxylic acids is 1. The summed E-state index contributed by atoms with van der Waals surface area (Å²) in [6.45, 7) is 2.51. The van der Waals surface area contributed by atoms with Crippen LogP contribution in [0.5, 0.6) is 5.88 Å². The number of fused-ring (bicyclic) bond motifs is 2. The number of hydrogen-bond donors (Lipinski definition) is 3. The number of pyridine rings is 1. The van der Waals surface area contributed by atoms with E-state index < -0.39 is 17.9 Å². The number of carbonyl (C=O) groups is 1. The molecular weight excluding hydrogens is 504 g/mol. The van der Waals surface area contributed by atoms with Gasteiger partial charge >= 0.3 is 6.09 Å². The maximum absolute atomic E-state index is 11.7. The molecule has 9 heteroatoms. The first-order valence-corrected chi connectivity index (χ1v) is 13.2. The number of hydroxylamine groups is 1. The molecule has 4 aliphatic rings. The van der Waals surface area contributed by atoms with Crippen molar-refractivity contribution in [3.05, 3.63) is 100 Å². The van der Waals surface area contributed by atoms with Gasteiger partial charge in [0.25, 0.3) is 0 Å². The summed E-state index contributed by atoms with van der Waals surface area (Å²) in [6, 6.07) is 11.4. The minimum absolute atomic E-state index is 0.174. The van der Waals surface area contributed by atoms with Crippen molar-refractivity contribution in [2.45, 2.75) is 31.0 Å². The zero-order valence-corrected chi connectivity index (χ0v) is 21.5. The number of halogens is 1. The molecule has 3 N–H and O–H groups in total. The first-order chi connectivity index (χ1) is 18.5. The Morgan fingerprint density at radius 3 is 2.79 bits per heavy atom. The summed E-state index contributed by atoms with van der Waals surface area (Å²) in [5, 5.41) is 14.7. The van der Waals surface area contributed by atoms with Crippen LogP contribution >= 0.6 is 11.6 Å². The Morgan fingerprint density at radius 2 is 2.03 bits per heavy atom. The molecule has 0 spiro atoms. The molecule has 6 rings (SSSR count). The number of amides is 1. The van der Waals surface area contributed by atoms with Gasteiger partial charge in [-0.1, -0.05) is 42.0 Å². The highest BCUT2D eigenvalue weighted by Gasteiger charge is 2.36. The molecule has 1 amide bonds. The Bertz CT molecular complexity index is 1340. The van der Waals surface area contributed by atoms with E-state index in [9.17, 15) is 9.90 Å². The van der Waals surface area contributed by atoms with Crippen LogP contribution in [0.2, 0.25) is 5.02 Å². The molecule has 196 valence electrons. The molecule has 1 aromatic heterocycles. The van der Waals surface area contributed by atoms with Crippen molar-refractivity contribution in [3.63, 3.8) is 0 Å². The van der Waals surface area contributed by atoms with Gasteiger partial charge in [0, 0.05) is 47.9 Å². The Hall–Kier alpha value is -3.43. The average molecular weight is 533 g/mol. The van der Waals surface area contributed by atoms with Crippen molar-refractivity contribution in [2.75, 3.05) is 19.6 Å². The smallest absolute Gasteiger partial charge is 0.427 e. The summed E-state index contributed by atoms with van der Waals surface area (Å²) in [6.07, 6.45) is 13.2. The van der Waals surface area contributed by atoms with Gasteiger partial charge < -0.3 is 24.9 Å². The molecule has 1 aliphatic carbocycles. The molecular formula is C29H29ClN4O4. The van der Waals surface area contributed by atoms with E-state index in [1.54, 1.807) is 6.20 Å². The van der Waals surface area contributed by atoms with E-state index in [1.165, 1.54) is 0 Å². The lowest BCUT2D eigenvalue weighted by atomic mass is 9.84. The summed E-state index contributed by atoms with van der Waals surface area (Å²) >= 11 is 6.02. The Labute approximate surface area is 226 Å². The Kier molecular flexibility index (Phi) is 6.80. The SMILES string of the molecule is O=C1NC(C2C=CC=C3Oc4ncccc4C(=CCCN4CCC(O)(c5ccc(Cl)cc5)CC4)C=C32)NO1. The molecule has 3 aliphatic heterocycles. The molecule has 2 unspecified atom stereocenters. The normalized spacial score (nSPS) is 25.3. The highest BCUT2D eigenvalue weighted by molar-refractivity contribution is 6.30. The number of hydrogen-bond acceptors (Lipinski definition) is 7. The van der Waals surface area contributed by atoms with Crippen LogP contribution in [0.25, 0.3) is 5.57 Å². The number of likely N-dealkylation sites (tertiary alicyclic amines) is 1. The highest BCUT2D eigenvalue weighted by Crippen LogP contribution is 2.39. The number of aliphatic hydroxyl groups is 1. The lowest BCUT2D eigenvalue weighted by molar-refractivity contribution is -0.0254. The largest absolute Gasteiger partial charge is 0.438 e. The predicted molar refractivity (Wildman–Crippen MR) is 144 cm³/mol. The second kappa shape index (κ2) is 10.4. The second-order valence-corrected chi connectivity index (χ2v) is 10.4. The number of rotatable bonds is 5. The van der Waals surface area contributed by atoms with Gasteiger partial charge in [-0.2, -0.15) is 0 Å². The standard InChI is InChI=1S/C29H29ClN4O4/c30-21-10-8-20(9-11-21)29(36)12-16-34(17-13-29)15-3-4-19-18-24-23(26-32-28(35)38-33-26)5-1-7-25(24)37-27-22(19)6-2-14-31-27/h1-2,4-11,14,18,23,26,33,36H,3,12-13,15-17H2,(H,32,35). The van der Waals surface area contributed by atoms with E-state index in [0.29, 0.717) is 29.5 Å². The number of benzene rings is 1. The van der Waals surface area contributed by atoms with E-state index in [-0.39, 0.29) is 5.92 Å². The van der Waals surface area contributed by atoms with E-state index in [0.717, 1.165) is 48.3 Å². The van der Waals surface area contributed by atoms with Crippen LogP contribution in [0.3, 0.4) is 0 Å². The maximum atomic E-state index is 11.7. The molecule has 4 heterocycles. The van der Waals surface area contributed by atoms with Gasteiger partial charge in [0.15, 0.2) is 0 Å². The van der Waals surface area contributed by atoms with Gasteiger partial charge in [-0.05, 0) is 66.8 Å². The van der Waals surface area contributed by atoms with E-state index in [2.05, 4.69) is 32.8 Å². The molecule has 1 aromatic carbocycles. The van der Waals surface area contributed by atoms with E-state index in [4.69, 9.17) is 21.2 Å². The maximum Gasteiger partial charge on any atom is 0.427 e. The van der Waals surface area contributed by atoms with Gasteiger partial charge in [-0.25, -0.2) is 9.78 Å². The van der Waals surface area contributed by atoms with Crippen LogP contribution in [-0.2, 0) is 10.4 Å². The zero-order valence-electron chi connectivity index (χ0n) is 20.8. The van der Waals surface area contributed by atoms with Crippen LogP contribution in [0.4, 0.5) is 4.79 Å². The third kappa shape index (κ3) is 5.00. The van der Waals surface area contributed by atoms with Gasteiger partial charge in [-0.15, -0.1) is 5.48 Å². The van der Waals surface area contributed by atoms with Crippen LogP contribution in [0.1, 0.15) is 30.4 Å². The van der Waals surface area contributed by atoms with E-state index in [1.807, 2.05) is 54.6 Å². The second-order valence-electron chi connectivity index (χ2n) is 9.96. The van der Waals surface area contributed by atoms with Gasteiger partial charge in [-0.3, -0.25) is 0 Å². The Morgan fingerprint density at radius 1 is 1.21 bits per heavy atom. The minimum Gasteiger partial charge on any atom is -0.438 e. The molecule has 2 fully saturated rings. The molecule has 0 bridgehead atoms. The molecule has 8 nitrogen and oxygen atoms in total. The molecule has 0 saturated carbocycles. The number of piperidine rings is 1. The Balaban J connectivity index is 1.18. The predicted octanol–water partition coefficient (Wildman–Crippen LogP) is 4.45. The number of nitrogens with zero attached hydrogens (tertiary/aromatic N) is 2. The number of allylic oxidation sites excluding steroid dienone is 5.